The van der Waals surface area contributed by atoms with Gasteiger partial charge < -0.3 is 0 Å². The van der Waals surface area contributed by atoms with E-state index < -0.39 is 0 Å². The molecular formula is C10H13N3. The first-order chi connectivity index (χ1) is 6.35. The van der Waals surface area contributed by atoms with Crippen molar-refractivity contribution >= 4 is 0 Å². The van der Waals surface area contributed by atoms with Crippen molar-refractivity contribution in [2.24, 2.45) is 0 Å². The Balaban J connectivity index is 2.39. The monoisotopic (exact) mass is 175 g/mol. The molecule has 1 aliphatic carbocycles. The summed E-state index contributed by atoms with van der Waals surface area (Å²) in [5.41, 5.74) is 2.30. The number of rotatable bonds is 1. The second-order valence-corrected chi connectivity index (χ2v) is 3.47. The van der Waals surface area contributed by atoms with Gasteiger partial charge in [0, 0.05) is 12.7 Å². The molecule has 3 nitrogen and oxygen atoms in total. The van der Waals surface area contributed by atoms with Crippen LogP contribution in [0.15, 0.2) is 6.20 Å². The average Bonchev–Trinajstić information content (AvgIpc) is 2.59. The maximum Gasteiger partial charge on any atom is 0.0906 e. The second-order valence-electron chi connectivity index (χ2n) is 3.47. The van der Waals surface area contributed by atoms with Crippen molar-refractivity contribution in [1.29, 1.82) is 5.26 Å². The Bertz CT molecular complexity index is 346. The highest BCUT2D eigenvalue weighted by molar-refractivity contribution is 5.28. The summed E-state index contributed by atoms with van der Waals surface area (Å²) in [6.45, 7) is 2.96. The molecule has 1 atom stereocenters. The Morgan fingerprint density at radius 3 is 3.31 bits per heavy atom. The lowest BCUT2D eigenvalue weighted by Gasteiger charge is -2.13. The maximum absolute atomic E-state index is 8.92. The second kappa shape index (κ2) is 3.21. The minimum absolute atomic E-state index is 0.0385. The lowest BCUT2D eigenvalue weighted by molar-refractivity contribution is 0.602. The van der Waals surface area contributed by atoms with Gasteiger partial charge in [0.05, 0.1) is 17.7 Å². The number of nitriles is 1. The van der Waals surface area contributed by atoms with Gasteiger partial charge in [-0.3, -0.25) is 4.68 Å². The van der Waals surface area contributed by atoms with Crippen LogP contribution in [0, 0.1) is 11.3 Å². The molecule has 0 aliphatic heterocycles. The number of hydrogen-bond donors (Lipinski definition) is 0. The third-order valence-corrected chi connectivity index (χ3v) is 2.62. The topological polar surface area (TPSA) is 41.6 Å². The summed E-state index contributed by atoms with van der Waals surface area (Å²) in [4.78, 5) is 0. The number of fused-ring (bicyclic) bond motifs is 1. The highest BCUT2D eigenvalue weighted by Crippen LogP contribution is 2.29. The molecule has 0 saturated carbocycles. The highest BCUT2D eigenvalue weighted by Gasteiger charge is 2.22. The van der Waals surface area contributed by atoms with E-state index >= 15 is 0 Å². The van der Waals surface area contributed by atoms with Crippen LogP contribution in [0.3, 0.4) is 0 Å². The first-order valence-corrected chi connectivity index (χ1v) is 4.81. The highest BCUT2D eigenvalue weighted by atomic mass is 15.3. The van der Waals surface area contributed by atoms with Crippen LogP contribution in [0.4, 0.5) is 0 Å². The van der Waals surface area contributed by atoms with Crippen LogP contribution < -0.4 is 0 Å². The number of nitrogens with zero attached hydrogens (tertiary/aromatic N) is 3. The van der Waals surface area contributed by atoms with Crippen LogP contribution in [0.5, 0.6) is 0 Å². The standard InChI is InChI=1S/C10H13N3/c1-2-13-7-9-5-3-4-8(6-11)10(9)12-13/h7-8H,2-5H2,1H3. The van der Waals surface area contributed by atoms with E-state index in [0.717, 1.165) is 31.5 Å². The fraction of sp³-hybridized carbons (Fsp3) is 0.600. The molecule has 3 heteroatoms. The minimum atomic E-state index is 0.0385. The van der Waals surface area contributed by atoms with E-state index in [0.29, 0.717) is 0 Å². The Morgan fingerprint density at radius 1 is 1.77 bits per heavy atom. The van der Waals surface area contributed by atoms with Crippen LogP contribution in [0.25, 0.3) is 0 Å². The molecule has 1 aliphatic rings. The number of aryl methyl sites for hydroxylation is 2. The van der Waals surface area contributed by atoms with Gasteiger partial charge in [-0.15, -0.1) is 0 Å². The van der Waals surface area contributed by atoms with Gasteiger partial charge >= 0.3 is 0 Å². The SMILES string of the molecule is CCn1cc2c(n1)C(C#N)CCC2. The van der Waals surface area contributed by atoms with Gasteiger partial charge in [-0.1, -0.05) is 0 Å². The van der Waals surface area contributed by atoms with Gasteiger partial charge in [0.15, 0.2) is 0 Å². The Kier molecular flexibility index (Phi) is 2.05. The summed E-state index contributed by atoms with van der Waals surface area (Å²) in [5, 5.41) is 13.3. The van der Waals surface area contributed by atoms with E-state index in [1.165, 1.54) is 5.56 Å². The van der Waals surface area contributed by atoms with Crippen molar-refractivity contribution in [3.05, 3.63) is 17.5 Å². The Morgan fingerprint density at radius 2 is 2.62 bits per heavy atom. The third-order valence-electron chi connectivity index (χ3n) is 2.62. The summed E-state index contributed by atoms with van der Waals surface area (Å²) in [6, 6.07) is 2.32. The van der Waals surface area contributed by atoms with Crippen molar-refractivity contribution in [3.63, 3.8) is 0 Å². The molecule has 0 amide bonds. The van der Waals surface area contributed by atoms with Gasteiger partial charge in [-0.2, -0.15) is 10.4 Å². The largest absolute Gasteiger partial charge is 0.272 e. The number of hydrogen-bond acceptors (Lipinski definition) is 2. The summed E-state index contributed by atoms with van der Waals surface area (Å²) in [7, 11) is 0. The summed E-state index contributed by atoms with van der Waals surface area (Å²) < 4.78 is 1.93. The van der Waals surface area contributed by atoms with Crippen molar-refractivity contribution in [1.82, 2.24) is 9.78 Å². The molecule has 0 radical (unpaired) electrons. The molecule has 13 heavy (non-hydrogen) atoms. The van der Waals surface area contributed by atoms with Crippen molar-refractivity contribution in [3.8, 4) is 6.07 Å². The molecule has 0 bridgehead atoms. The first-order valence-electron chi connectivity index (χ1n) is 4.81. The normalized spacial score (nSPS) is 20.8. The fourth-order valence-corrected chi connectivity index (χ4v) is 1.88. The smallest absolute Gasteiger partial charge is 0.0906 e. The van der Waals surface area contributed by atoms with Gasteiger partial charge in [0.2, 0.25) is 0 Å². The lowest BCUT2D eigenvalue weighted by atomic mass is 9.89. The molecule has 1 heterocycles. The fourth-order valence-electron chi connectivity index (χ4n) is 1.88. The van der Waals surface area contributed by atoms with E-state index in [4.69, 9.17) is 5.26 Å². The van der Waals surface area contributed by atoms with E-state index in [2.05, 4.69) is 24.3 Å². The van der Waals surface area contributed by atoms with Gasteiger partial charge in [0.1, 0.15) is 0 Å². The lowest BCUT2D eigenvalue weighted by Crippen LogP contribution is -2.07. The van der Waals surface area contributed by atoms with E-state index in [-0.39, 0.29) is 5.92 Å². The maximum atomic E-state index is 8.92. The third kappa shape index (κ3) is 1.33. The molecule has 68 valence electrons. The minimum Gasteiger partial charge on any atom is -0.272 e. The van der Waals surface area contributed by atoms with Gasteiger partial charge in [-0.25, -0.2) is 0 Å². The molecule has 1 aromatic heterocycles. The van der Waals surface area contributed by atoms with Gasteiger partial charge in [-0.05, 0) is 31.7 Å². The Hall–Kier alpha value is -1.30. The number of aromatic nitrogens is 2. The summed E-state index contributed by atoms with van der Waals surface area (Å²) in [5.74, 6) is 0.0385. The van der Waals surface area contributed by atoms with Crippen LogP contribution in [0.2, 0.25) is 0 Å². The van der Waals surface area contributed by atoms with Crippen molar-refractivity contribution in [2.75, 3.05) is 0 Å². The molecule has 0 fully saturated rings. The molecule has 0 spiro atoms. The molecule has 0 aromatic carbocycles. The predicted octanol–water partition coefficient (Wildman–Crippen LogP) is 1.85. The zero-order valence-corrected chi connectivity index (χ0v) is 7.82. The van der Waals surface area contributed by atoms with Crippen LogP contribution >= 0.6 is 0 Å². The zero-order valence-electron chi connectivity index (χ0n) is 7.82. The molecular weight excluding hydrogens is 162 g/mol. The van der Waals surface area contributed by atoms with E-state index in [9.17, 15) is 0 Å². The predicted molar refractivity (Wildman–Crippen MR) is 49.2 cm³/mol. The molecule has 0 saturated heterocycles. The van der Waals surface area contributed by atoms with Crippen molar-refractivity contribution in [2.45, 2.75) is 38.6 Å². The molecule has 0 N–H and O–H groups in total. The summed E-state index contributed by atoms with van der Waals surface area (Å²) >= 11 is 0. The average molecular weight is 175 g/mol. The zero-order chi connectivity index (χ0) is 9.26. The quantitative estimate of drug-likeness (QED) is 0.653. The Labute approximate surface area is 78.0 Å². The van der Waals surface area contributed by atoms with Gasteiger partial charge in [0.25, 0.3) is 0 Å². The van der Waals surface area contributed by atoms with Crippen molar-refractivity contribution < 1.29 is 0 Å². The molecule has 2 rings (SSSR count). The van der Waals surface area contributed by atoms with Crippen LogP contribution in [-0.4, -0.2) is 9.78 Å². The first kappa shape index (κ1) is 8.31. The van der Waals surface area contributed by atoms with E-state index in [1.54, 1.807) is 0 Å². The van der Waals surface area contributed by atoms with Crippen LogP contribution in [-0.2, 0) is 13.0 Å². The molecule has 1 unspecified atom stereocenters. The van der Waals surface area contributed by atoms with E-state index in [1.807, 2.05) is 4.68 Å². The summed E-state index contributed by atoms with van der Waals surface area (Å²) in [6.07, 6.45) is 5.28. The molecule has 1 aromatic rings. The van der Waals surface area contributed by atoms with Crippen LogP contribution in [0.1, 0.15) is 36.9 Å².